The summed E-state index contributed by atoms with van der Waals surface area (Å²) in [6.45, 7) is 3.74. The second kappa shape index (κ2) is 5.53. The van der Waals surface area contributed by atoms with Crippen molar-refractivity contribution >= 4 is 21.7 Å². The summed E-state index contributed by atoms with van der Waals surface area (Å²) in [4.78, 5) is 6.88. The third-order valence-corrected chi connectivity index (χ3v) is 3.60. The van der Waals surface area contributed by atoms with E-state index in [4.69, 9.17) is 4.74 Å². The Bertz CT molecular complexity index is 346. The molecule has 1 aromatic heterocycles. The van der Waals surface area contributed by atoms with Crippen LogP contribution >= 0.6 is 15.9 Å². The molecule has 0 radical (unpaired) electrons. The summed E-state index contributed by atoms with van der Waals surface area (Å²) in [5.74, 6) is 1.76. The highest BCUT2D eigenvalue weighted by atomic mass is 79.9. The quantitative estimate of drug-likeness (QED) is 0.795. The molecule has 3 nitrogen and oxygen atoms in total. The van der Waals surface area contributed by atoms with Crippen LogP contribution in [0.3, 0.4) is 0 Å². The molecule has 0 aromatic carbocycles. The number of aromatic nitrogens is 1. The molecule has 1 aliphatic heterocycles. The summed E-state index contributed by atoms with van der Waals surface area (Å²) in [5, 5.41) is 1.01. The van der Waals surface area contributed by atoms with Crippen molar-refractivity contribution < 1.29 is 4.74 Å². The van der Waals surface area contributed by atoms with Gasteiger partial charge in [-0.1, -0.05) is 22.0 Å². The van der Waals surface area contributed by atoms with Crippen LogP contribution in [0.2, 0.25) is 0 Å². The molecule has 4 heteroatoms. The van der Waals surface area contributed by atoms with E-state index in [1.807, 2.05) is 19.1 Å². The van der Waals surface area contributed by atoms with Crippen LogP contribution in [-0.4, -0.2) is 29.5 Å². The first kappa shape index (κ1) is 11.7. The van der Waals surface area contributed by atoms with Gasteiger partial charge in [-0.2, -0.15) is 4.98 Å². The third-order valence-electron chi connectivity index (χ3n) is 2.85. The lowest BCUT2D eigenvalue weighted by Gasteiger charge is -2.24. The van der Waals surface area contributed by atoms with Gasteiger partial charge < -0.3 is 9.64 Å². The summed E-state index contributed by atoms with van der Waals surface area (Å²) >= 11 is 3.56. The summed E-state index contributed by atoms with van der Waals surface area (Å²) in [7, 11) is 0. The number of hydrogen-bond acceptors (Lipinski definition) is 3. The maximum absolute atomic E-state index is 5.43. The first-order valence-corrected chi connectivity index (χ1v) is 6.89. The maximum atomic E-state index is 5.43. The van der Waals surface area contributed by atoms with Gasteiger partial charge in [0, 0.05) is 24.0 Å². The predicted molar refractivity (Wildman–Crippen MR) is 69.6 cm³/mol. The van der Waals surface area contributed by atoms with Gasteiger partial charge in [0.1, 0.15) is 5.82 Å². The lowest BCUT2D eigenvalue weighted by molar-refractivity contribution is 0.327. The van der Waals surface area contributed by atoms with Crippen LogP contribution in [0.25, 0.3) is 0 Å². The average Bonchev–Trinajstić information content (AvgIpc) is 2.78. The summed E-state index contributed by atoms with van der Waals surface area (Å²) in [5.41, 5.74) is 0. The number of nitrogens with zero attached hydrogens (tertiary/aromatic N) is 2. The summed E-state index contributed by atoms with van der Waals surface area (Å²) in [6, 6.07) is 6.55. The van der Waals surface area contributed by atoms with E-state index in [9.17, 15) is 0 Å². The zero-order chi connectivity index (χ0) is 11.4. The van der Waals surface area contributed by atoms with Crippen LogP contribution in [0.4, 0.5) is 5.82 Å². The van der Waals surface area contributed by atoms with E-state index >= 15 is 0 Å². The molecule has 16 heavy (non-hydrogen) atoms. The van der Waals surface area contributed by atoms with Gasteiger partial charge in [-0.25, -0.2) is 0 Å². The molecule has 2 rings (SSSR count). The zero-order valence-electron chi connectivity index (χ0n) is 9.53. The Hall–Kier alpha value is -0.770. The summed E-state index contributed by atoms with van der Waals surface area (Å²) in [6.07, 6.45) is 2.49. The highest BCUT2D eigenvalue weighted by Gasteiger charge is 2.24. The second-order valence-electron chi connectivity index (χ2n) is 3.91. The maximum Gasteiger partial charge on any atom is 0.215 e. The molecule has 1 aliphatic rings. The molecule has 0 N–H and O–H groups in total. The Labute approximate surface area is 105 Å². The molecule has 1 saturated heterocycles. The normalized spacial score (nSPS) is 20.1. The number of rotatable bonds is 4. The number of alkyl halides is 1. The molecular formula is C12H17BrN2O. The van der Waals surface area contributed by atoms with Gasteiger partial charge in [0.2, 0.25) is 5.88 Å². The minimum Gasteiger partial charge on any atom is -0.478 e. The van der Waals surface area contributed by atoms with Gasteiger partial charge in [0.25, 0.3) is 0 Å². The SMILES string of the molecule is CCOc1cccc(N2CCCC2CBr)n1. The molecule has 0 bridgehead atoms. The number of hydrogen-bond donors (Lipinski definition) is 0. The number of ether oxygens (including phenoxy) is 1. The zero-order valence-corrected chi connectivity index (χ0v) is 11.1. The van der Waals surface area contributed by atoms with Crippen LogP contribution in [0.5, 0.6) is 5.88 Å². The minimum atomic E-state index is 0.573. The smallest absolute Gasteiger partial charge is 0.215 e. The van der Waals surface area contributed by atoms with Gasteiger partial charge in [0.05, 0.1) is 6.61 Å². The fourth-order valence-electron chi connectivity index (χ4n) is 2.09. The monoisotopic (exact) mass is 284 g/mol. The van der Waals surface area contributed by atoms with Crippen molar-refractivity contribution in [3.8, 4) is 5.88 Å². The first-order valence-electron chi connectivity index (χ1n) is 5.77. The van der Waals surface area contributed by atoms with E-state index in [0.717, 1.165) is 23.6 Å². The first-order chi connectivity index (χ1) is 7.85. The number of halogens is 1. The van der Waals surface area contributed by atoms with E-state index in [1.165, 1.54) is 12.8 Å². The second-order valence-corrected chi connectivity index (χ2v) is 4.56. The molecule has 88 valence electrons. The van der Waals surface area contributed by atoms with Crippen molar-refractivity contribution in [1.82, 2.24) is 4.98 Å². The molecule has 1 unspecified atom stereocenters. The van der Waals surface area contributed by atoms with E-state index < -0.39 is 0 Å². The standard InChI is InChI=1S/C12H17BrN2O/c1-2-16-12-7-3-6-11(14-12)15-8-4-5-10(15)9-13/h3,6-7,10H,2,4-5,8-9H2,1H3. The average molecular weight is 285 g/mol. The Morgan fingerprint density at radius 3 is 3.19 bits per heavy atom. The summed E-state index contributed by atoms with van der Waals surface area (Å²) < 4.78 is 5.43. The minimum absolute atomic E-state index is 0.573. The molecule has 1 fully saturated rings. The van der Waals surface area contributed by atoms with Crippen LogP contribution in [0, 0.1) is 0 Å². The molecule has 2 heterocycles. The molecule has 1 aromatic rings. The van der Waals surface area contributed by atoms with Gasteiger partial charge in [-0.3, -0.25) is 0 Å². The van der Waals surface area contributed by atoms with Gasteiger partial charge in [0.15, 0.2) is 0 Å². The van der Waals surface area contributed by atoms with Crippen LogP contribution < -0.4 is 9.64 Å². The van der Waals surface area contributed by atoms with Crippen molar-refractivity contribution in [1.29, 1.82) is 0 Å². The number of pyridine rings is 1. The fourth-order valence-corrected chi connectivity index (χ4v) is 2.76. The van der Waals surface area contributed by atoms with E-state index in [2.05, 4.69) is 31.9 Å². The van der Waals surface area contributed by atoms with E-state index in [0.29, 0.717) is 12.6 Å². The molecule has 0 amide bonds. The van der Waals surface area contributed by atoms with Gasteiger partial charge in [-0.05, 0) is 25.8 Å². The van der Waals surface area contributed by atoms with Crippen LogP contribution in [0.15, 0.2) is 18.2 Å². The van der Waals surface area contributed by atoms with Gasteiger partial charge in [-0.15, -0.1) is 0 Å². The Morgan fingerprint density at radius 1 is 1.56 bits per heavy atom. The Kier molecular flexibility index (Phi) is 4.04. The lowest BCUT2D eigenvalue weighted by atomic mass is 10.2. The van der Waals surface area contributed by atoms with Crippen molar-refractivity contribution in [2.75, 3.05) is 23.4 Å². The van der Waals surface area contributed by atoms with E-state index in [-0.39, 0.29) is 0 Å². The molecule has 0 saturated carbocycles. The topological polar surface area (TPSA) is 25.4 Å². The molecule has 0 aliphatic carbocycles. The van der Waals surface area contributed by atoms with Crippen molar-refractivity contribution in [2.45, 2.75) is 25.8 Å². The number of anilines is 1. The van der Waals surface area contributed by atoms with Crippen molar-refractivity contribution in [3.63, 3.8) is 0 Å². The fraction of sp³-hybridized carbons (Fsp3) is 0.583. The Balaban J connectivity index is 2.16. The van der Waals surface area contributed by atoms with Gasteiger partial charge >= 0.3 is 0 Å². The van der Waals surface area contributed by atoms with Crippen molar-refractivity contribution in [3.05, 3.63) is 18.2 Å². The Morgan fingerprint density at radius 2 is 2.44 bits per heavy atom. The van der Waals surface area contributed by atoms with Crippen LogP contribution in [0.1, 0.15) is 19.8 Å². The highest BCUT2D eigenvalue weighted by molar-refractivity contribution is 9.09. The molecule has 0 spiro atoms. The third kappa shape index (κ3) is 2.48. The largest absolute Gasteiger partial charge is 0.478 e. The lowest BCUT2D eigenvalue weighted by Crippen LogP contribution is -2.31. The van der Waals surface area contributed by atoms with E-state index in [1.54, 1.807) is 0 Å². The van der Waals surface area contributed by atoms with Crippen molar-refractivity contribution in [2.24, 2.45) is 0 Å². The predicted octanol–water partition coefficient (Wildman–Crippen LogP) is 2.84. The molecular weight excluding hydrogens is 268 g/mol. The van der Waals surface area contributed by atoms with Crippen LogP contribution in [-0.2, 0) is 0 Å². The highest BCUT2D eigenvalue weighted by Crippen LogP contribution is 2.26. The molecule has 1 atom stereocenters.